The van der Waals surface area contributed by atoms with Gasteiger partial charge in [0.25, 0.3) is 0 Å². The number of sulfonamides is 1. The van der Waals surface area contributed by atoms with Crippen LogP contribution in [0.1, 0.15) is 0 Å². The van der Waals surface area contributed by atoms with Gasteiger partial charge in [-0.3, -0.25) is 9.69 Å². The molecule has 3 rings (SSSR count). The van der Waals surface area contributed by atoms with Crippen LogP contribution in [0, 0.1) is 5.82 Å². The largest absolute Gasteiger partial charge is 0.322 e. The van der Waals surface area contributed by atoms with Gasteiger partial charge in [-0.15, -0.1) is 0 Å². The Morgan fingerprint density at radius 2 is 1.75 bits per heavy atom. The molecule has 0 unspecified atom stereocenters. The topological polar surface area (TPSA) is 69.7 Å². The Hall–Kier alpha value is -1.71. The Morgan fingerprint density at radius 3 is 2.43 bits per heavy atom. The molecule has 0 aliphatic carbocycles. The molecule has 1 fully saturated rings. The maximum absolute atomic E-state index is 13.7. The Labute approximate surface area is 172 Å². The first-order chi connectivity index (χ1) is 13.3. The maximum atomic E-state index is 13.7. The van der Waals surface area contributed by atoms with Crippen molar-refractivity contribution >= 4 is 44.8 Å². The van der Waals surface area contributed by atoms with E-state index in [-0.39, 0.29) is 35.2 Å². The lowest BCUT2D eigenvalue weighted by Crippen LogP contribution is -2.50. The quantitative estimate of drug-likeness (QED) is 0.767. The number of hydrogen-bond acceptors (Lipinski definition) is 4. The average Bonchev–Trinajstić information content (AvgIpc) is 2.65. The summed E-state index contributed by atoms with van der Waals surface area (Å²) in [5.41, 5.74) is 0.0115. The van der Waals surface area contributed by atoms with Crippen LogP contribution in [0.5, 0.6) is 0 Å². The van der Waals surface area contributed by atoms with Crippen molar-refractivity contribution in [2.45, 2.75) is 4.90 Å². The monoisotopic (exact) mass is 445 g/mol. The summed E-state index contributed by atoms with van der Waals surface area (Å²) in [6.07, 6.45) is 0. The van der Waals surface area contributed by atoms with Crippen LogP contribution in [-0.4, -0.2) is 56.3 Å². The molecule has 0 saturated carbocycles. The molecule has 1 amide bonds. The fourth-order valence-electron chi connectivity index (χ4n) is 2.91. The molecule has 1 N–H and O–H groups in total. The predicted octanol–water partition coefficient (Wildman–Crippen LogP) is 3.08. The second kappa shape index (κ2) is 8.75. The summed E-state index contributed by atoms with van der Waals surface area (Å²) in [5.74, 6) is -0.975. The van der Waals surface area contributed by atoms with Gasteiger partial charge in [0.1, 0.15) is 10.7 Å². The second-order valence-corrected chi connectivity index (χ2v) is 9.03. The highest BCUT2D eigenvalue weighted by Crippen LogP contribution is 2.25. The number of hydrogen-bond donors (Lipinski definition) is 1. The van der Waals surface area contributed by atoms with Crippen LogP contribution in [0.15, 0.2) is 47.4 Å². The summed E-state index contributed by atoms with van der Waals surface area (Å²) in [7, 11) is -3.69. The molecule has 0 spiro atoms. The summed E-state index contributed by atoms with van der Waals surface area (Å²) >= 11 is 11.8. The summed E-state index contributed by atoms with van der Waals surface area (Å²) in [5, 5.41) is 2.97. The highest BCUT2D eigenvalue weighted by molar-refractivity contribution is 7.89. The molecule has 1 aliphatic rings. The van der Waals surface area contributed by atoms with Crippen LogP contribution in [0.25, 0.3) is 0 Å². The Balaban J connectivity index is 1.57. The maximum Gasteiger partial charge on any atom is 0.244 e. The van der Waals surface area contributed by atoms with Crippen molar-refractivity contribution in [2.24, 2.45) is 0 Å². The highest BCUT2D eigenvalue weighted by Gasteiger charge is 2.30. The highest BCUT2D eigenvalue weighted by atomic mass is 35.5. The molecule has 0 bridgehead atoms. The minimum absolute atomic E-state index is 0.0115. The number of carbonyl (C=O) groups is 1. The lowest BCUT2D eigenvalue weighted by Gasteiger charge is -2.33. The summed E-state index contributed by atoms with van der Waals surface area (Å²) in [6.45, 7) is 1.22. The third-order valence-electron chi connectivity index (χ3n) is 4.36. The third kappa shape index (κ3) is 4.82. The molecule has 150 valence electrons. The standard InChI is InChI=1S/C18H18Cl2FN3O3S/c19-13-5-6-15(21)16(11-13)22-18(25)12-23-7-9-24(10-8-23)28(26,27)17-4-2-1-3-14(17)20/h1-6,11H,7-10,12H2,(H,22,25). The van der Waals surface area contributed by atoms with E-state index in [0.29, 0.717) is 18.1 Å². The molecular weight excluding hydrogens is 428 g/mol. The van der Waals surface area contributed by atoms with E-state index in [9.17, 15) is 17.6 Å². The number of nitrogens with one attached hydrogen (secondary N) is 1. The first-order valence-corrected chi connectivity index (χ1v) is 10.7. The zero-order chi connectivity index (χ0) is 20.3. The number of piperazine rings is 1. The minimum atomic E-state index is -3.69. The Kier molecular flexibility index (Phi) is 6.57. The van der Waals surface area contributed by atoms with Crippen LogP contribution in [-0.2, 0) is 14.8 Å². The number of anilines is 1. The number of nitrogens with zero attached hydrogens (tertiary/aromatic N) is 2. The van der Waals surface area contributed by atoms with E-state index in [2.05, 4.69) is 5.32 Å². The van der Waals surface area contributed by atoms with Gasteiger partial charge in [0.15, 0.2) is 0 Å². The van der Waals surface area contributed by atoms with Crippen LogP contribution in [0.4, 0.5) is 10.1 Å². The van der Waals surface area contributed by atoms with Crippen molar-refractivity contribution in [3.63, 3.8) is 0 Å². The second-order valence-electron chi connectivity index (χ2n) is 6.28. The van der Waals surface area contributed by atoms with Crippen molar-refractivity contribution in [1.82, 2.24) is 9.21 Å². The van der Waals surface area contributed by atoms with Gasteiger partial charge in [-0.1, -0.05) is 35.3 Å². The van der Waals surface area contributed by atoms with E-state index in [0.717, 1.165) is 0 Å². The summed E-state index contributed by atoms with van der Waals surface area (Å²) in [6, 6.07) is 10.2. The van der Waals surface area contributed by atoms with Crippen molar-refractivity contribution in [3.05, 3.63) is 58.3 Å². The van der Waals surface area contributed by atoms with Crippen molar-refractivity contribution in [3.8, 4) is 0 Å². The number of halogens is 3. The molecule has 6 nitrogen and oxygen atoms in total. The van der Waals surface area contributed by atoms with Gasteiger partial charge in [-0.05, 0) is 30.3 Å². The van der Waals surface area contributed by atoms with Gasteiger partial charge >= 0.3 is 0 Å². The SMILES string of the molecule is O=C(CN1CCN(S(=O)(=O)c2ccccc2Cl)CC1)Nc1cc(Cl)ccc1F. The van der Waals surface area contributed by atoms with E-state index in [1.807, 2.05) is 0 Å². The molecule has 2 aromatic rings. The molecule has 0 aromatic heterocycles. The predicted molar refractivity (Wildman–Crippen MR) is 107 cm³/mol. The smallest absolute Gasteiger partial charge is 0.244 e. The lowest BCUT2D eigenvalue weighted by molar-refractivity contribution is -0.117. The van der Waals surface area contributed by atoms with E-state index in [1.165, 1.54) is 34.6 Å². The van der Waals surface area contributed by atoms with Crippen molar-refractivity contribution < 1.29 is 17.6 Å². The Morgan fingerprint density at radius 1 is 1.07 bits per heavy atom. The van der Waals surface area contributed by atoms with Gasteiger partial charge in [-0.2, -0.15) is 4.31 Å². The molecule has 1 aliphatic heterocycles. The summed E-state index contributed by atoms with van der Waals surface area (Å²) in [4.78, 5) is 14.0. The first-order valence-electron chi connectivity index (χ1n) is 8.49. The first kappa shape index (κ1) is 21.0. The third-order valence-corrected chi connectivity index (χ3v) is 6.99. The van der Waals surface area contributed by atoms with Gasteiger partial charge in [0.05, 0.1) is 17.3 Å². The van der Waals surface area contributed by atoms with Gasteiger partial charge < -0.3 is 5.32 Å². The normalized spacial score (nSPS) is 16.1. The fourth-order valence-corrected chi connectivity index (χ4v) is 4.99. The van der Waals surface area contributed by atoms with E-state index >= 15 is 0 Å². The zero-order valence-electron chi connectivity index (χ0n) is 14.7. The Bertz CT molecular complexity index is 980. The number of amides is 1. The molecular formula is C18H18Cl2FN3O3S. The van der Waals surface area contributed by atoms with Crippen molar-refractivity contribution in [1.29, 1.82) is 0 Å². The van der Waals surface area contributed by atoms with Gasteiger partial charge in [0, 0.05) is 31.2 Å². The zero-order valence-corrected chi connectivity index (χ0v) is 17.1. The van der Waals surface area contributed by atoms with Crippen LogP contribution in [0.3, 0.4) is 0 Å². The molecule has 0 radical (unpaired) electrons. The number of carbonyl (C=O) groups excluding carboxylic acids is 1. The lowest BCUT2D eigenvalue weighted by atomic mass is 10.3. The van der Waals surface area contributed by atoms with Crippen LogP contribution < -0.4 is 5.32 Å². The average molecular weight is 446 g/mol. The molecule has 0 atom stereocenters. The van der Waals surface area contributed by atoms with E-state index in [1.54, 1.807) is 17.0 Å². The van der Waals surface area contributed by atoms with E-state index < -0.39 is 21.7 Å². The van der Waals surface area contributed by atoms with Crippen LogP contribution >= 0.6 is 23.2 Å². The van der Waals surface area contributed by atoms with Crippen molar-refractivity contribution in [2.75, 3.05) is 38.0 Å². The molecule has 1 saturated heterocycles. The molecule has 28 heavy (non-hydrogen) atoms. The van der Waals surface area contributed by atoms with Gasteiger partial charge in [0.2, 0.25) is 15.9 Å². The summed E-state index contributed by atoms with van der Waals surface area (Å²) < 4.78 is 40.5. The molecule has 2 aromatic carbocycles. The van der Waals surface area contributed by atoms with Crippen LogP contribution in [0.2, 0.25) is 10.0 Å². The number of rotatable bonds is 5. The fraction of sp³-hybridized carbons (Fsp3) is 0.278. The number of benzene rings is 2. The van der Waals surface area contributed by atoms with Gasteiger partial charge in [-0.25, -0.2) is 12.8 Å². The molecule has 1 heterocycles. The van der Waals surface area contributed by atoms with E-state index in [4.69, 9.17) is 23.2 Å². The minimum Gasteiger partial charge on any atom is -0.322 e. The molecule has 10 heteroatoms.